The molecule has 2 aromatic rings. The summed E-state index contributed by atoms with van der Waals surface area (Å²) < 4.78 is 5.91. The van der Waals surface area contributed by atoms with Gasteiger partial charge in [0, 0.05) is 18.1 Å². The summed E-state index contributed by atoms with van der Waals surface area (Å²) in [5, 5.41) is 3.33. The molecule has 1 unspecified atom stereocenters. The highest BCUT2D eigenvalue weighted by molar-refractivity contribution is 6.31. The molecule has 0 aliphatic rings. The highest BCUT2D eigenvalue weighted by atomic mass is 35.5. The monoisotopic (exact) mass is 430 g/mol. The van der Waals surface area contributed by atoms with Crippen LogP contribution in [0.2, 0.25) is 5.02 Å². The van der Waals surface area contributed by atoms with Gasteiger partial charge in [0.1, 0.15) is 11.8 Å². The first-order valence-corrected chi connectivity index (χ1v) is 10.6. The number of amides is 2. The number of carbonyl (C=O) groups is 2. The Morgan fingerprint density at radius 2 is 1.73 bits per heavy atom. The zero-order valence-corrected chi connectivity index (χ0v) is 19.1. The molecular formula is C24H31ClN2O3. The van der Waals surface area contributed by atoms with Gasteiger partial charge in [-0.15, -0.1) is 0 Å². The Morgan fingerprint density at radius 1 is 1.10 bits per heavy atom. The number of benzene rings is 2. The number of rotatable bonds is 8. The Hall–Kier alpha value is -2.53. The number of halogens is 1. The maximum Gasteiger partial charge on any atom is 0.261 e. The summed E-state index contributed by atoms with van der Waals surface area (Å²) in [6.45, 7) is 10.4. The van der Waals surface area contributed by atoms with Crippen LogP contribution in [0.15, 0.2) is 48.5 Å². The number of para-hydroxylation sites is 1. The first-order chi connectivity index (χ1) is 14.1. The first-order valence-electron chi connectivity index (χ1n) is 10.2. The predicted molar refractivity (Wildman–Crippen MR) is 121 cm³/mol. The van der Waals surface area contributed by atoms with E-state index in [0.717, 1.165) is 11.1 Å². The van der Waals surface area contributed by atoms with Crippen molar-refractivity contribution in [3.8, 4) is 5.75 Å². The van der Waals surface area contributed by atoms with E-state index in [1.54, 1.807) is 13.0 Å². The van der Waals surface area contributed by atoms with Crippen LogP contribution in [0.5, 0.6) is 5.75 Å². The second-order valence-electron chi connectivity index (χ2n) is 8.22. The van der Waals surface area contributed by atoms with Crippen LogP contribution in [0, 0.1) is 0 Å². The first kappa shape index (κ1) is 23.7. The van der Waals surface area contributed by atoms with E-state index in [2.05, 4.69) is 26.1 Å². The van der Waals surface area contributed by atoms with Crippen LogP contribution in [-0.2, 0) is 21.5 Å². The molecule has 0 fully saturated rings. The third-order valence-electron chi connectivity index (χ3n) is 4.86. The van der Waals surface area contributed by atoms with E-state index in [9.17, 15) is 9.59 Å². The number of carbonyl (C=O) groups excluding carboxylic acids is 2. The molecule has 2 amide bonds. The molecule has 0 bridgehead atoms. The lowest BCUT2D eigenvalue weighted by molar-refractivity contribution is -0.142. The van der Waals surface area contributed by atoms with Crippen molar-refractivity contribution in [3.63, 3.8) is 0 Å². The summed E-state index contributed by atoms with van der Waals surface area (Å²) in [5.41, 5.74) is 1.68. The van der Waals surface area contributed by atoms with Gasteiger partial charge in [0.05, 0.1) is 0 Å². The zero-order chi connectivity index (χ0) is 22.3. The fraction of sp³-hybridized carbons (Fsp3) is 0.417. The summed E-state index contributed by atoms with van der Waals surface area (Å²) in [4.78, 5) is 27.1. The number of hydrogen-bond acceptors (Lipinski definition) is 3. The van der Waals surface area contributed by atoms with Crippen molar-refractivity contribution in [1.82, 2.24) is 10.2 Å². The van der Waals surface area contributed by atoms with Crippen molar-refractivity contribution in [1.29, 1.82) is 0 Å². The Bertz CT molecular complexity index is 877. The molecule has 6 heteroatoms. The number of nitrogens with one attached hydrogen (secondary N) is 1. The minimum Gasteiger partial charge on any atom is -0.483 e. The van der Waals surface area contributed by atoms with E-state index >= 15 is 0 Å². The molecular weight excluding hydrogens is 400 g/mol. The van der Waals surface area contributed by atoms with Gasteiger partial charge in [0.2, 0.25) is 5.91 Å². The molecule has 162 valence electrons. The average Bonchev–Trinajstić information content (AvgIpc) is 2.70. The number of hydrogen-bond donors (Lipinski definition) is 1. The number of ether oxygens (including phenoxy) is 1. The lowest BCUT2D eigenvalue weighted by Crippen LogP contribution is -2.49. The molecule has 1 N–H and O–H groups in total. The van der Waals surface area contributed by atoms with Crippen molar-refractivity contribution >= 4 is 23.4 Å². The fourth-order valence-electron chi connectivity index (χ4n) is 3.15. The highest BCUT2D eigenvalue weighted by Crippen LogP contribution is 2.31. The van der Waals surface area contributed by atoms with Gasteiger partial charge in [-0.1, -0.05) is 68.8 Å². The van der Waals surface area contributed by atoms with Crippen LogP contribution < -0.4 is 10.1 Å². The lowest BCUT2D eigenvalue weighted by Gasteiger charge is -2.29. The largest absolute Gasteiger partial charge is 0.483 e. The molecule has 5 nitrogen and oxygen atoms in total. The van der Waals surface area contributed by atoms with Crippen LogP contribution in [0.4, 0.5) is 0 Å². The molecule has 0 aromatic heterocycles. The van der Waals surface area contributed by atoms with Gasteiger partial charge in [0.25, 0.3) is 5.91 Å². The van der Waals surface area contributed by atoms with Gasteiger partial charge >= 0.3 is 0 Å². The van der Waals surface area contributed by atoms with Gasteiger partial charge in [-0.3, -0.25) is 9.59 Å². The van der Waals surface area contributed by atoms with Crippen molar-refractivity contribution in [2.45, 2.75) is 52.6 Å². The second kappa shape index (κ2) is 10.5. The lowest BCUT2D eigenvalue weighted by atomic mass is 9.86. The SMILES string of the molecule is CCNC(=O)C(C)N(Cc1ccccc1Cl)C(=O)COc1ccccc1C(C)(C)C. The topological polar surface area (TPSA) is 58.6 Å². The minimum absolute atomic E-state index is 0.120. The summed E-state index contributed by atoms with van der Waals surface area (Å²) >= 11 is 6.29. The third-order valence-corrected chi connectivity index (χ3v) is 5.23. The smallest absolute Gasteiger partial charge is 0.261 e. The van der Waals surface area contributed by atoms with Crippen LogP contribution in [-0.4, -0.2) is 35.9 Å². The Morgan fingerprint density at radius 3 is 2.37 bits per heavy atom. The fourth-order valence-corrected chi connectivity index (χ4v) is 3.34. The molecule has 0 aliphatic carbocycles. The van der Waals surface area contributed by atoms with Crippen molar-refractivity contribution in [2.24, 2.45) is 0 Å². The minimum atomic E-state index is -0.657. The Balaban J connectivity index is 2.23. The van der Waals surface area contributed by atoms with Crippen molar-refractivity contribution in [2.75, 3.05) is 13.2 Å². The molecule has 2 rings (SSSR count). The van der Waals surface area contributed by atoms with E-state index in [1.165, 1.54) is 4.90 Å². The van der Waals surface area contributed by atoms with Crippen LogP contribution in [0.25, 0.3) is 0 Å². The number of likely N-dealkylation sites (N-methyl/N-ethyl adjacent to an activating group) is 1. The Kier molecular flexibility index (Phi) is 8.30. The van der Waals surface area contributed by atoms with Crippen molar-refractivity contribution in [3.05, 3.63) is 64.7 Å². The van der Waals surface area contributed by atoms with Gasteiger partial charge in [-0.2, -0.15) is 0 Å². The van der Waals surface area contributed by atoms with Gasteiger partial charge in [-0.05, 0) is 42.5 Å². The standard InChI is InChI=1S/C24H31ClN2O3/c1-6-26-23(29)17(2)27(15-18-11-7-9-13-20(18)25)22(28)16-30-21-14-10-8-12-19(21)24(3,4)5/h7-14,17H,6,15-16H2,1-5H3,(H,26,29). The van der Waals surface area contributed by atoms with Crippen LogP contribution in [0.1, 0.15) is 45.7 Å². The molecule has 0 radical (unpaired) electrons. The molecule has 2 aromatic carbocycles. The molecule has 0 spiro atoms. The van der Waals surface area contributed by atoms with Gasteiger partial charge < -0.3 is 15.0 Å². The van der Waals surface area contributed by atoms with Gasteiger partial charge in [0.15, 0.2) is 6.61 Å². The Labute approximate surface area is 184 Å². The van der Waals surface area contributed by atoms with Crippen LogP contribution >= 0.6 is 11.6 Å². The van der Waals surface area contributed by atoms with E-state index in [0.29, 0.717) is 17.3 Å². The average molecular weight is 431 g/mol. The quantitative estimate of drug-likeness (QED) is 0.667. The second-order valence-corrected chi connectivity index (χ2v) is 8.63. The normalized spacial score (nSPS) is 12.2. The van der Waals surface area contributed by atoms with E-state index in [4.69, 9.17) is 16.3 Å². The predicted octanol–water partition coefficient (Wildman–Crippen LogP) is 4.57. The molecule has 30 heavy (non-hydrogen) atoms. The molecule has 1 atom stereocenters. The summed E-state index contributed by atoms with van der Waals surface area (Å²) in [6, 6.07) is 14.3. The number of nitrogens with zero attached hydrogens (tertiary/aromatic N) is 1. The summed E-state index contributed by atoms with van der Waals surface area (Å²) in [5.74, 6) is 0.173. The summed E-state index contributed by atoms with van der Waals surface area (Å²) in [7, 11) is 0. The highest BCUT2D eigenvalue weighted by Gasteiger charge is 2.27. The molecule has 0 aliphatic heterocycles. The molecule has 0 saturated carbocycles. The van der Waals surface area contributed by atoms with E-state index in [1.807, 2.05) is 49.4 Å². The third kappa shape index (κ3) is 6.23. The molecule has 0 saturated heterocycles. The van der Waals surface area contributed by atoms with Crippen molar-refractivity contribution < 1.29 is 14.3 Å². The van der Waals surface area contributed by atoms with Crippen LogP contribution in [0.3, 0.4) is 0 Å². The summed E-state index contributed by atoms with van der Waals surface area (Å²) in [6.07, 6.45) is 0. The zero-order valence-electron chi connectivity index (χ0n) is 18.4. The van der Waals surface area contributed by atoms with E-state index in [-0.39, 0.29) is 30.4 Å². The maximum atomic E-state index is 13.1. The van der Waals surface area contributed by atoms with Gasteiger partial charge in [-0.25, -0.2) is 0 Å². The molecule has 0 heterocycles. The van der Waals surface area contributed by atoms with E-state index < -0.39 is 6.04 Å². The maximum absolute atomic E-state index is 13.1.